The van der Waals surface area contributed by atoms with Gasteiger partial charge in [-0.2, -0.15) is 0 Å². The average Bonchev–Trinajstić information content (AvgIpc) is 3.32. The molecule has 0 spiro atoms. The maximum absolute atomic E-state index is 5.84. The largest absolute Gasteiger partial charge is 0.443 e. The second kappa shape index (κ2) is 9.24. The summed E-state index contributed by atoms with van der Waals surface area (Å²) in [4.78, 5) is 11.3. The van der Waals surface area contributed by atoms with E-state index in [-0.39, 0.29) is 5.41 Å². The van der Waals surface area contributed by atoms with Crippen molar-refractivity contribution in [2.45, 2.75) is 58.2 Å². The monoisotopic (exact) mass is 383 g/mol. The van der Waals surface area contributed by atoms with Gasteiger partial charge < -0.3 is 15.1 Å². The van der Waals surface area contributed by atoms with Crippen LogP contribution >= 0.6 is 0 Å². The van der Waals surface area contributed by atoms with Crippen molar-refractivity contribution in [3.63, 3.8) is 0 Å². The summed E-state index contributed by atoms with van der Waals surface area (Å²) in [6.07, 6.45) is 4.27. The Morgan fingerprint density at radius 3 is 2.71 bits per heavy atom. The Bertz CT molecular complexity index is 763. The Balaban J connectivity index is 1.47. The molecule has 2 aromatic rings. The highest BCUT2D eigenvalue weighted by molar-refractivity contribution is 5.79. The van der Waals surface area contributed by atoms with Gasteiger partial charge in [0, 0.05) is 31.6 Å². The number of guanidine groups is 1. The molecule has 0 bridgehead atoms. The van der Waals surface area contributed by atoms with Crippen molar-refractivity contribution in [1.82, 2.24) is 20.5 Å². The van der Waals surface area contributed by atoms with E-state index in [0.29, 0.717) is 18.5 Å². The molecule has 152 valence electrons. The molecule has 28 heavy (non-hydrogen) atoms. The minimum absolute atomic E-state index is 0.0319. The molecule has 6 nitrogen and oxygen atoms in total. The van der Waals surface area contributed by atoms with Gasteiger partial charge in [0.1, 0.15) is 5.76 Å². The Hall–Kier alpha value is -2.34. The molecule has 1 aromatic heterocycles. The van der Waals surface area contributed by atoms with Crippen LogP contribution in [0.4, 0.5) is 0 Å². The van der Waals surface area contributed by atoms with Gasteiger partial charge in [-0.15, -0.1) is 0 Å². The maximum Gasteiger partial charge on any atom is 0.213 e. The number of aliphatic imine (C=N–C) groups is 1. The number of benzene rings is 1. The van der Waals surface area contributed by atoms with Gasteiger partial charge in [0.15, 0.2) is 5.96 Å². The topological polar surface area (TPSA) is 65.7 Å². The lowest BCUT2D eigenvalue weighted by Crippen LogP contribution is -2.44. The molecule has 0 saturated carbocycles. The number of oxazole rings is 1. The summed E-state index contributed by atoms with van der Waals surface area (Å²) in [5, 5.41) is 6.77. The number of hydrogen-bond acceptors (Lipinski definition) is 4. The van der Waals surface area contributed by atoms with E-state index in [9.17, 15) is 0 Å². The first-order valence-electron chi connectivity index (χ1n) is 10.1. The van der Waals surface area contributed by atoms with Crippen LogP contribution in [-0.2, 0) is 18.5 Å². The van der Waals surface area contributed by atoms with Crippen LogP contribution in [0.2, 0.25) is 0 Å². The smallest absolute Gasteiger partial charge is 0.213 e. The fraction of sp³-hybridized carbons (Fsp3) is 0.545. The summed E-state index contributed by atoms with van der Waals surface area (Å²) in [7, 11) is 1.79. The highest BCUT2D eigenvalue weighted by Crippen LogP contribution is 2.22. The molecule has 1 fully saturated rings. The number of nitrogens with zero attached hydrogens (tertiary/aromatic N) is 3. The van der Waals surface area contributed by atoms with Gasteiger partial charge in [-0.1, -0.05) is 51.1 Å². The molecule has 1 aliphatic heterocycles. The molecular weight excluding hydrogens is 350 g/mol. The number of likely N-dealkylation sites (tertiary alicyclic amines) is 1. The third kappa shape index (κ3) is 5.58. The molecular formula is C22H33N5O. The summed E-state index contributed by atoms with van der Waals surface area (Å²) in [5.74, 6) is 2.36. The second-order valence-corrected chi connectivity index (χ2v) is 8.43. The standard InChI is InChI=1S/C22H33N5O/c1-22(2,3)19-14-24-20(28-19)15-26-21(23-4)25-13-18-11-8-12-27(18)16-17-9-6-5-7-10-17/h5-7,9-10,14,18H,8,11-13,15-16H2,1-4H3,(H2,23,25,26). The van der Waals surface area contributed by atoms with Gasteiger partial charge >= 0.3 is 0 Å². The van der Waals surface area contributed by atoms with Crippen LogP contribution in [0.5, 0.6) is 0 Å². The number of hydrogen-bond donors (Lipinski definition) is 2. The van der Waals surface area contributed by atoms with Crippen molar-refractivity contribution in [3.05, 3.63) is 53.7 Å². The molecule has 1 unspecified atom stereocenters. The van der Waals surface area contributed by atoms with Crippen molar-refractivity contribution >= 4 is 5.96 Å². The summed E-state index contributed by atoms with van der Waals surface area (Å²) < 4.78 is 5.84. The van der Waals surface area contributed by atoms with Crippen LogP contribution in [0.3, 0.4) is 0 Å². The van der Waals surface area contributed by atoms with Gasteiger partial charge in [0.05, 0.1) is 12.7 Å². The molecule has 3 rings (SSSR count). The highest BCUT2D eigenvalue weighted by atomic mass is 16.4. The van der Waals surface area contributed by atoms with Gasteiger partial charge in [0.25, 0.3) is 0 Å². The lowest BCUT2D eigenvalue weighted by Gasteiger charge is -2.25. The zero-order valence-electron chi connectivity index (χ0n) is 17.5. The minimum atomic E-state index is -0.0319. The molecule has 1 aliphatic rings. The van der Waals surface area contributed by atoms with Crippen molar-refractivity contribution in [1.29, 1.82) is 0 Å². The van der Waals surface area contributed by atoms with E-state index in [0.717, 1.165) is 31.4 Å². The SMILES string of the molecule is CN=C(NCc1ncc(C(C)(C)C)o1)NCC1CCCN1Cc1ccccc1. The van der Waals surface area contributed by atoms with Crippen LogP contribution < -0.4 is 10.6 Å². The average molecular weight is 384 g/mol. The number of rotatable bonds is 6. The van der Waals surface area contributed by atoms with Crippen LogP contribution in [-0.4, -0.2) is 42.0 Å². The van der Waals surface area contributed by atoms with E-state index in [4.69, 9.17) is 4.42 Å². The molecule has 2 N–H and O–H groups in total. The number of nitrogens with one attached hydrogen (secondary N) is 2. The molecule has 0 radical (unpaired) electrons. The summed E-state index contributed by atoms with van der Waals surface area (Å²) in [6, 6.07) is 11.2. The first-order valence-corrected chi connectivity index (χ1v) is 10.1. The minimum Gasteiger partial charge on any atom is -0.443 e. The maximum atomic E-state index is 5.84. The van der Waals surface area contributed by atoms with Gasteiger partial charge in [-0.25, -0.2) is 4.98 Å². The second-order valence-electron chi connectivity index (χ2n) is 8.43. The summed E-state index contributed by atoms with van der Waals surface area (Å²) in [6.45, 7) is 9.92. The third-order valence-electron chi connectivity index (χ3n) is 5.16. The predicted molar refractivity (Wildman–Crippen MR) is 113 cm³/mol. The predicted octanol–water partition coefficient (Wildman–Crippen LogP) is 3.30. The molecule has 2 heterocycles. The summed E-state index contributed by atoms with van der Waals surface area (Å²) >= 11 is 0. The van der Waals surface area contributed by atoms with Crippen LogP contribution in [0.25, 0.3) is 0 Å². The number of aromatic nitrogens is 1. The Labute approximate surface area is 168 Å². The fourth-order valence-corrected chi connectivity index (χ4v) is 3.49. The van der Waals surface area contributed by atoms with Crippen LogP contribution in [0.15, 0.2) is 45.9 Å². The first-order chi connectivity index (χ1) is 13.5. The third-order valence-corrected chi connectivity index (χ3v) is 5.16. The van der Waals surface area contributed by atoms with Gasteiger partial charge in [0.2, 0.25) is 5.89 Å². The zero-order chi connectivity index (χ0) is 20.0. The lowest BCUT2D eigenvalue weighted by molar-refractivity contribution is 0.245. The molecule has 0 aliphatic carbocycles. The summed E-state index contributed by atoms with van der Waals surface area (Å²) in [5.41, 5.74) is 1.34. The van der Waals surface area contributed by atoms with E-state index in [1.54, 1.807) is 7.05 Å². The zero-order valence-corrected chi connectivity index (χ0v) is 17.5. The van der Waals surface area contributed by atoms with Crippen molar-refractivity contribution in [2.75, 3.05) is 20.1 Å². The van der Waals surface area contributed by atoms with Gasteiger partial charge in [-0.05, 0) is 24.9 Å². The Morgan fingerprint density at radius 2 is 2.04 bits per heavy atom. The van der Waals surface area contributed by atoms with Crippen molar-refractivity contribution < 1.29 is 4.42 Å². The van der Waals surface area contributed by atoms with Crippen molar-refractivity contribution in [3.8, 4) is 0 Å². The Kier molecular flexibility index (Phi) is 6.73. The normalized spacial score (nSPS) is 18.4. The van der Waals surface area contributed by atoms with E-state index < -0.39 is 0 Å². The molecule has 1 saturated heterocycles. The van der Waals surface area contributed by atoms with E-state index >= 15 is 0 Å². The fourth-order valence-electron chi connectivity index (χ4n) is 3.49. The van der Waals surface area contributed by atoms with E-state index in [1.165, 1.54) is 18.4 Å². The van der Waals surface area contributed by atoms with Crippen LogP contribution in [0, 0.1) is 0 Å². The van der Waals surface area contributed by atoms with E-state index in [1.807, 2.05) is 6.20 Å². The molecule has 0 amide bonds. The van der Waals surface area contributed by atoms with E-state index in [2.05, 4.69) is 76.6 Å². The van der Waals surface area contributed by atoms with Gasteiger partial charge in [-0.3, -0.25) is 9.89 Å². The quantitative estimate of drug-likeness (QED) is 0.592. The lowest BCUT2D eigenvalue weighted by atomic mass is 9.94. The molecule has 1 atom stereocenters. The first kappa shape index (κ1) is 20.4. The Morgan fingerprint density at radius 1 is 1.25 bits per heavy atom. The van der Waals surface area contributed by atoms with Crippen LogP contribution in [0.1, 0.15) is 50.8 Å². The molecule has 6 heteroatoms. The molecule has 1 aromatic carbocycles. The van der Waals surface area contributed by atoms with Crippen molar-refractivity contribution in [2.24, 2.45) is 4.99 Å². The highest BCUT2D eigenvalue weighted by Gasteiger charge is 2.24.